The number of hydrogen-bond acceptors (Lipinski definition) is 4. The van der Waals surface area contributed by atoms with Crippen molar-refractivity contribution in [2.75, 3.05) is 5.32 Å². The van der Waals surface area contributed by atoms with Crippen molar-refractivity contribution in [3.8, 4) is 0 Å². The van der Waals surface area contributed by atoms with E-state index in [0.29, 0.717) is 18.0 Å². The van der Waals surface area contributed by atoms with Gasteiger partial charge in [-0.15, -0.1) is 0 Å². The Labute approximate surface area is 138 Å². The Kier molecular flexibility index (Phi) is 4.47. The number of benzene rings is 1. The number of rotatable bonds is 5. The molecule has 0 spiro atoms. The fraction of sp³-hybridized carbons (Fsp3) is 0.111. The Morgan fingerprint density at radius 3 is 2.38 bits per heavy atom. The van der Waals surface area contributed by atoms with Crippen molar-refractivity contribution in [1.82, 2.24) is 5.32 Å². The van der Waals surface area contributed by atoms with E-state index in [-0.39, 0.29) is 23.3 Å². The monoisotopic (exact) mass is 324 g/mol. The third kappa shape index (κ3) is 3.73. The van der Waals surface area contributed by atoms with Gasteiger partial charge in [0.25, 0.3) is 11.8 Å². The molecule has 2 aromatic heterocycles. The second-order valence-corrected chi connectivity index (χ2v) is 5.22. The van der Waals surface area contributed by atoms with Crippen molar-refractivity contribution >= 4 is 17.5 Å². The van der Waals surface area contributed by atoms with Crippen LogP contribution in [0.25, 0.3) is 0 Å². The summed E-state index contributed by atoms with van der Waals surface area (Å²) in [7, 11) is 0. The van der Waals surface area contributed by atoms with Crippen LogP contribution in [0.3, 0.4) is 0 Å². The lowest BCUT2D eigenvalue weighted by Gasteiger charge is -2.06. The lowest BCUT2D eigenvalue weighted by atomic mass is 10.2. The molecule has 0 bridgehead atoms. The largest absolute Gasteiger partial charge is 0.459 e. The zero-order valence-corrected chi connectivity index (χ0v) is 13.0. The molecule has 0 aliphatic rings. The van der Waals surface area contributed by atoms with Gasteiger partial charge in [0.05, 0.1) is 6.26 Å². The number of aryl methyl sites for hydroxylation is 1. The number of anilines is 1. The molecule has 0 aliphatic carbocycles. The minimum Gasteiger partial charge on any atom is -0.459 e. The van der Waals surface area contributed by atoms with Crippen LogP contribution >= 0.6 is 0 Å². The van der Waals surface area contributed by atoms with E-state index in [1.165, 1.54) is 6.26 Å². The highest BCUT2D eigenvalue weighted by Crippen LogP contribution is 2.12. The van der Waals surface area contributed by atoms with Crippen molar-refractivity contribution < 1.29 is 18.4 Å². The van der Waals surface area contributed by atoms with Crippen LogP contribution in [-0.2, 0) is 6.54 Å². The van der Waals surface area contributed by atoms with Crippen molar-refractivity contribution in [1.29, 1.82) is 0 Å². The lowest BCUT2D eigenvalue weighted by Crippen LogP contribution is -2.22. The normalized spacial score (nSPS) is 10.4. The standard InChI is InChI=1S/C18H16N2O4/c1-12-4-9-16(24-12)17(21)19-11-13-5-7-14(8-6-13)20-18(22)15-3-2-10-23-15/h2-10H,11H2,1H3,(H,19,21)(H,20,22). The summed E-state index contributed by atoms with van der Waals surface area (Å²) in [5.74, 6) is 0.652. The summed E-state index contributed by atoms with van der Waals surface area (Å²) in [6.45, 7) is 2.15. The van der Waals surface area contributed by atoms with Crippen molar-refractivity contribution in [3.63, 3.8) is 0 Å². The number of amides is 2. The van der Waals surface area contributed by atoms with Gasteiger partial charge in [0.1, 0.15) is 5.76 Å². The maximum absolute atomic E-state index is 11.9. The van der Waals surface area contributed by atoms with E-state index in [4.69, 9.17) is 8.83 Å². The van der Waals surface area contributed by atoms with Crippen LogP contribution in [0, 0.1) is 6.92 Å². The molecule has 2 heterocycles. The topological polar surface area (TPSA) is 84.5 Å². The fourth-order valence-corrected chi connectivity index (χ4v) is 2.13. The third-order valence-corrected chi connectivity index (χ3v) is 3.37. The number of furan rings is 2. The van der Waals surface area contributed by atoms with Crippen molar-refractivity contribution in [2.24, 2.45) is 0 Å². The predicted octanol–water partition coefficient (Wildman–Crippen LogP) is 3.36. The molecule has 122 valence electrons. The van der Waals surface area contributed by atoms with E-state index in [9.17, 15) is 9.59 Å². The van der Waals surface area contributed by atoms with Gasteiger partial charge in [0.2, 0.25) is 0 Å². The molecule has 0 saturated carbocycles. The Balaban J connectivity index is 1.54. The van der Waals surface area contributed by atoms with E-state index >= 15 is 0 Å². The molecular weight excluding hydrogens is 308 g/mol. The molecule has 0 aliphatic heterocycles. The molecule has 3 aromatic rings. The average Bonchev–Trinajstić information content (AvgIpc) is 3.25. The predicted molar refractivity (Wildman–Crippen MR) is 87.7 cm³/mol. The van der Waals surface area contributed by atoms with Crippen LogP contribution in [0.15, 0.2) is 63.6 Å². The van der Waals surface area contributed by atoms with Crippen LogP contribution in [-0.4, -0.2) is 11.8 Å². The van der Waals surface area contributed by atoms with Gasteiger partial charge >= 0.3 is 0 Å². The molecule has 1 aromatic carbocycles. The van der Waals surface area contributed by atoms with E-state index in [1.807, 2.05) is 12.1 Å². The van der Waals surface area contributed by atoms with Crippen LogP contribution in [0.2, 0.25) is 0 Å². The Hall–Kier alpha value is -3.28. The SMILES string of the molecule is Cc1ccc(C(=O)NCc2ccc(NC(=O)c3ccco3)cc2)o1. The fourth-order valence-electron chi connectivity index (χ4n) is 2.13. The Bertz CT molecular complexity index is 832. The van der Waals surface area contributed by atoms with Crippen molar-refractivity contribution in [2.45, 2.75) is 13.5 Å². The highest BCUT2D eigenvalue weighted by Gasteiger charge is 2.10. The first kappa shape index (κ1) is 15.6. The minimum absolute atomic E-state index is 0.250. The molecular formula is C18H16N2O4. The van der Waals surface area contributed by atoms with Gasteiger partial charge in [0, 0.05) is 12.2 Å². The van der Waals surface area contributed by atoms with Crippen LogP contribution in [0.4, 0.5) is 5.69 Å². The Morgan fingerprint density at radius 2 is 1.75 bits per heavy atom. The minimum atomic E-state index is -0.311. The molecule has 0 atom stereocenters. The maximum atomic E-state index is 11.9. The number of nitrogens with one attached hydrogen (secondary N) is 2. The van der Waals surface area contributed by atoms with Gasteiger partial charge in [-0.05, 0) is 48.9 Å². The quantitative estimate of drug-likeness (QED) is 0.753. The number of hydrogen-bond donors (Lipinski definition) is 2. The summed E-state index contributed by atoms with van der Waals surface area (Å²) in [6.07, 6.45) is 1.45. The van der Waals surface area contributed by atoms with Crippen LogP contribution < -0.4 is 10.6 Å². The summed E-state index contributed by atoms with van der Waals surface area (Å²) in [5.41, 5.74) is 1.55. The van der Waals surface area contributed by atoms with Crippen LogP contribution in [0.1, 0.15) is 32.4 Å². The zero-order valence-electron chi connectivity index (χ0n) is 13.0. The smallest absolute Gasteiger partial charge is 0.291 e. The molecule has 0 radical (unpaired) electrons. The third-order valence-electron chi connectivity index (χ3n) is 3.37. The molecule has 0 fully saturated rings. The second-order valence-electron chi connectivity index (χ2n) is 5.22. The molecule has 2 N–H and O–H groups in total. The van der Waals surface area contributed by atoms with E-state index in [1.54, 1.807) is 43.3 Å². The van der Waals surface area contributed by atoms with E-state index < -0.39 is 0 Å². The highest BCUT2D eigenvalue weighted by molar-refractivity contribution is 6.02. The Morgan fingerprint density at radius 1 is 0.958 bits per heavy atom. The maximum Gasteiger partial charge on any atom is 0.291 e. The van der Waals surface area contributed by atoms with Gasteiger partial charge in [0.15, 0.2) is 11.5 Å². The van der Waals surface area contributed by atoms with Crippen LogP contribution in [0.5, 0.6) is 0 Å². The summed E-state index contributed by atoms with van der Waals surface area (Å²) >= 11 is 0. The van der Waals surface area contributed by atoms with Gasteiger partial charge < -0.3 is 19.5 Å². The first-order valence-electron chi connectivity index (χ1n) is 7.40. The molecule has 6 heteroatoms. The summed E-state index contributed by atoms with van der Waals surface area (Å²) < 4.78 is 10.3. The molecule has 0 unspecified atom stereocenters. The van der Waals surface area contributed by atoms with Gasteiger partial charge in [-0.3, -0.25) is 9.59 Å². The van der Waals surface area contributed by atoms with E-state index in [2.05, 4.69) is 10.6 Å². The number of carbonyl (C=O) groups is 2. The summed E-state index contributed by atoms with van der Waals surface area (Å²) in [4.78, 5) is 23.8. The highest BCUT2D eigenvalue weighted by atomic mass is 16.4. The molecule has 2 amide bonds. The summed E-state index contributed by atoms with van der Waals surface area (Å²) in [5, 5.41) is 5.51. The molecule has 24 heavy (non-hydrogen) atoms. The first-order chi connectivity index (χ1) is 11.6. The molecule has 3 rings (SSSR count). The zero-order chi connectivity index (χ0) is 16.9. The average molecular weight is 324 g/mol. The number of carbonyl (C=O) groups excluding carboxylic acids is 2. The van der Waals surface area contributed by atoms with E-state index in [0.717, 1.165) is 5.56 Å². The molecule has 6 nitrogen and oxygen atoms in total. The van der Waals surface area contributed by atoms with Gasteiger partial charge in [-0.1, -0.05) is 12.1 Å². The van der Waals surface area contributed by atoms with Gasteiger partial charge in [-0.2, -0.15) is 0 Å². The first-order valence-corrected chi connectivity index (χ1v) is 7.40. The van der Waals surface area contributed by atoms with Gasteiger partial charge in [-0.25, -0.2) is 0 Å². The second kappa shape index (κ2) is 6.87. The molecule has 0 saturated heterocycles. The summed E-state index contributed by atoms with van der Waals surface area (Å²) in [6, 6.07) is 13.8. The van der Waals surface area contributed by atoms with Crippen molar-refractivity contribution in [3.05, 3.63) is 77.6 Å². The lowest BCUT2D eigenvalue weighted by molar-refractivity contribution is 0.0921.